The first kappa shape index (κ1) is 26.1. The SMILES string of the molecule is CC1C(CSc2ncccn2)OC(c2ccc(NC(=O)c3ccccc3)cc2)OC1c1ccc(CO)cc1. The molecular weight excluding hydrogens is 498 g/mol. The van der Waals surface area contributed by atoms with E-state index in [9.17, 15) is 9.90 Å². The molecule has 1 aliphatic rings. The summed E-state index contributed by atoms with van der Waals surface area (Å²) in [5.41, 5.74) is 4.03. The minimum Gasteiger partial charge on any atom is -0.392 e. The van der Waals surface area contributed by atoms with Crippen LogP contribution in [-0.2, 0) is 16.1 Å². The van der Waals surface area contributed by atoms with Gasteiger partial charge in [0.15, 0.2) is 11.4 Å². The fraction of sp³-hybridized carbons (Fsp3) is 0.233. The molecule has 194 valence electrons. The standard InChI is InChI=1S/C30H29N3O4S/c1-20-26(19-38-30-31-16-5-17-32-30)36-29(37-27(20)22-10-8-21(18-34)9-11-22)24-12-14-25(15-13-24)33-28(35)23-6-3-2-4-7-23/h2-17,20,26-27,29,34H,18-19H2,1H3,(H,33,35). The molecule has 5 rings (SSSR count). The lowest BCUT2D eigenvalue weighted by Crippen LogP contribution is -2.38. The highest BCUT2D eigenvalue weighted by Crippen LogP contribution is 2.42. The van der Waals surface area contributed by atoms with Crippen molar-refractivity contribution in [1.29, 1.82) is 0 Å². The number of amides is 1. The van der Waals surface area contributed by atoms with Gasteiger partial charge in [-0.25, -0.2) is 9.97 Å². The number of aromatic nitrogens is 2. The molecule has 38 heavy (non-hydrogen) atoms. The number of nitrogens with zero attached hydrogens (tertiary/aromatic N) is 2. The summed E-state index contributed by atoms with van der Waals surface area (Å²) in [7, 11) is 0. The van der Waals surface area contributed by atoms with Crippen LogP contribution < -0.4 is 5.32 Å². The second-order valence-corrected chi connectivity index (χ2v) is 10.1. The van der Waals surface area contributed by atoms with Crippen LogP contribution >= 0.6 is 11.8 Å². The summed E-state index contributed by atoms with van der Waals surface area (Å²) in [5, 5.41) is 13.1. The molecule has 0 aliphatic carbocycles. The van der Waals surface area contributed by atoms with Crippen LogP contribution in [0.1, 0.15) is 46.4 Å². The number of carbonyl (C=O) groups is 1. The third-order valence-electron chi connectivity index (χ3n) is 6.52. The van der Waals surface area contributed by atoms with Crippen LogP contribution in [0.5, 0.6) is 0 Å². The van der Waals surface area contributed by atoms with Crippen molar-refractivity contribution in [3.63, 3.8) is 0 Å². The van der Waals surface area contributed by atoms with Gasteiger partial charge in [0.2, 0.25) is 0 Å². The van der Waals surface area contributed by atoms with Crippen LogP contribution in [0.2, 0.25) is 0 Å². The lowest BCUT2D eigenvalue weighted by atomic mass is 9.91. The number of aliphatic hydroxyl groups excluding tert-OH is 1. The van der Waals surface area contributed by atoms with Gasteiger partial charge in [-0.2, -0.15) is 0 Å². The van der Waals surface area contributed by atoms with Crippen molar-refractivity contribution in [3.05, 3.63) is 120 Å². The van der Waals surface area contributed by atoms with Crippen molar-refractivity contribution in [3.8, 4) is 0 Å². The van der Waals surface area contributed by atoms with E-state index in [4.69, 9.17) is 9.47 Å². The van der Waals surface area contributed by atoms with Crippen molar-refractivity contribution in [2.24, 2.45) is 5.92 Å². The number of hydrogen-bond donors (Lipinski definition) is 2. The van der Waals surface area contributed by atoms with Gasteiger partial charge in [-0.05, 0) is 41.5 Å². The number of anilines is 1. The van der Waals surface area contributed by atoms with Gasteiger partial charge in [0.05, 0.1) is 18.8 Å². The summed E-state index contributed by atoms with van der Waals surface area (Å²) in [6.45, 7) is 2.12. The van der Waals surface area contributed by atoms with Crippen LogP contribution in [0, 0.1) is 5.92 Å². The normalized spacial score (nSPS) is 21.1. The Morgan fingerprint density at radius 1 is 0.895 bits per heavy atom. The summed E-state index contributed by atoms with van der Waals surface area (Å²) in [5.74, 6) is 0.567. The molecule has 7 nitrogen and oxygen atoms in total. The highest BCUT2D eigenvalue weighted by atomic mass is 32.2. The monoisotopic (exact) mass is 527 g/mol. The van der Waals surface area contributed by atoms with Crippen molar-refractivity contribution >= 4 is 23.4 Å². The lowest BCUT2D eigenvalue weighted by molar-refractivity contribution is -0.268. The van der Waals surface area contributed by atoms with E-state index in [0.717, 1.165) is 16.7 Å². The molecular formula is C30H29N3O4S. The van der Waals surface area contributed by atoms with E-state index >= 15 is 0 Å². The Morgan fingerprint density at radius 2 is 1.58 bits per heavy atom. The van der Waals surface area contributed by atoms with Gasteiger partial charge in [0.1, 0.15) is 0 Å². The van der Waals surface area contributed by atoms with E-state index in [1.165, 1.54) is 0 Å². The van der Waals surface area contributed by atoms with Crippen LogP contribution in [-0.4, -0.2) is 32.8 Å². The van der Waals surface area contributed by atoms with Crippen LogP contribution in [0.25, 0.3) is 0 Å². The fourth-order valence-corrected chi connectivity index (χ4v) is 5.31. The van der Waals surface area contributed by atoms with E-state index in [0.29, 0.717) is 22.2 Å². The van der Waals surface area contributed by atoms with Crippen molar-refractivity contribution in [1.82, 2.24) is 9.97 Å². The molecule has 1 aromatic heterocycles. The lowest BCUT2D eigenvalue weighted by Gasteiger charge is -2.41. The molecule has 2 heterocycles. The zero-order valence-corrected chi connectivity index (χ0v) is 21.8. The molecule has 0 spiro atoms. The maximum atomic E-state index is 12.5. The Kier molecular flexibility index (Phi) is 8.45. The smallest absolute Gasteiger partial charge is 0.255 e. The Bertz CT molecular complexity index is 1320. The van der Waals surface area contributed by atoms with Gasteiger partial charge in [0.25, 0.3) is 5.91 Å². The number of carbonyl (C=O) groups excluding carboxylic acids is 1. The minimum absolute atomic E-state index is 0.00338. The number of hydrogen-bond acceptors (Lipinski definition) is 7. The largest absolute Gasteiger partial charge is 0.392 e. The molecule has 4 unspecified atom stereocenters. The highest BCUT2D eigenvalue weighted by molar-refractivity contribution is 7.99. The predicted molar refractivity (Wildman–Crippen MR) is 147 cm³/mol. The third kappa shape index (κ3) is 6.28. The topological polar surface area (TPSA) is 93.6 Å². The molecule has 0 bridgehead atoms. The van der Waals surface area contributed by atoms with Gasteiger partial charge >= 0.3 is 0 Å². The van der Waals surface area contributed by atoms with Gasteiger partial charge < -0.3 is 19.9 Å². The molecule has 3 aromatic carbocycles. The molecule has 8 heteroatoms. The van der Waals surface area contributed by atoms with E-state index in [2.05, 4.69) is 22.2 Å². The van der Waals surface area contributed by atoms with Gasteiger partial charge in [-0.15, -0.1) is 0 Å². The molecule has 0 saturated carbocycles. The van der Waals surface area contributed by atoms with Gasteiger partial charge in [0, 0.05) is 40.9 Å². The number of nitrogens with one attached hydrogen (secondary N) is 1. The summed E-state index contributed by atoms with van der Waals surface area (Å²) in [6, 6.07) is 26.3. The molecule has 1 amide bonds. The number of benzene rings is 3. The van der Waals surface area contributed by atoms with Crippen molar-refractivity contribution < 1.29 is 19.4 Å². The van der Waals surface area contributed by atoms with Crippen LogP contribution in [0.3, 0.4) is 0 Å². The third-order valence-corrected chi connectivity index (χ3v) is 7.48. The summed E-state index contributed by atoms with van der Waals surface area (Å²) in [4.78, 5) is 21.2. The zero-order valence-electron chi connectivity index (χ0n) is 20.9. The summed E-state index contributed by atoms with van der Waals surface area (Å²) < 4.78 is 13.0. The molecule has 2 N–H and O–H groups in total. The van der Waals surface area contributed by atoms with Crippen LogP contribution in [0.15, 0.2) is 102 Å². The predicted octanol–water partition coefficient (Wildman–Crippen LogP) is 5.80. The first-order chi connectivity index (χ1) is 18.6. The average molecular weight is 528 g/mol. The maximum absolute atomic E-state index is 12.5. The van der Waals surface area contributed by atoms with Gasteiger partial charge in [-0.3, -0.25) is 4.79 Å². The molecule has 1 aliphatic heterocycles. The van der Waals surface area contributed by atoms with E-state index in [-0.39, 0.29) is 30.6 Å². The van der Waals surface area contributed by atoms with Crippen LogP contribution in [0.4, 0.5) is 5.69 Å². The quantitative estimate of drug-likeness (QED) is 0.221. The Hall–Kier alpha value is -3.56. The molecule has 1 fully saturated rings. The summed E-state index contributed by atoms with van der Waals surface area (Å²) >= 11 is 1.56. The molecule has 4 atom stereocenters. The average Bonchev–Trinajstić information content (AvgIpc) is 2.98. The van der Waals surface area contributed by atoms with Crippen molar-refractivity contribution in [2.45, 2.75) is 37.2 Å². The fourth-order valence-electron chi connectivity index (χ4n) is 4.34. The van der Waals surface area contributed by atoms with E-state index < -0.39 is 6.29 Å². The Morgan fingerprint density at radius 3 is 2.26 bits per heavy atom. The second-order valence-electron chi connectivity index (χ2n) is 9.11. The molecule has 0 radical (unpaired) electrons. The highest BCUT2D eigenvalue weighted by Gasteiger charge is 2.38. The Labute approximate surface area is 226 Å². The number of rotatable bonds is 8. The second kappa shape index (κ2) is 12.3. The molecule has 4 aromatic rings. The zero-order chi connectivity index (χ0) is 26.3. The molecule has 1 saturated heterocycles. The number of ether oxygens (including phenoxy) is 2. The number of thioether (sulfide) groups is 1. The minimum atomic E-state index is -0.588. The van der Waals surface area contributed by atoms with E-state index in [1.807, 2.05) is 66.7 Å². The van der Waals surface area contributed by atoms with Gasteiger partial charge in [-0.1, -0.05) is 73.3 Å². The number of aliphatic hydroxyl groups is 1. The Balaban J connectivity index is 1.34. The maximum Gasteiger partial charge on any atom is 0.255 e. The van der Waals surface area contributed by atoms with E-state index in [1.54, 1.807) is 42.4 Å². The first-order valence-corrected chi connectivity index (χ1v) is 13.5. The summed E-state index contributed by atoms with van der Waals surface area (Å²) in [6.07, 6.45) is 2.55. The van der Waals surface area contributed by atoms with Crippen molar-refractivity contribution in [2.75, 3.05) is 11.1 Å². The first-order valence-electron chi connectivity index (χ1n) is 12.5.